The first-order chi connectivity index (χ1) is 44.0. The zero-order valence-electron chi connectivity index (χ0n) is 57.2. The minimum Gasteiger partial charge on any atom is -0.444 e. The second-order valence-electron chi connectivity index (χ2n) is 28.8. The van der Waals surface area contributed by atoms with Gasteiger partial charge in [-0.05, 0) is 201 Å². The van der Waals surface area contributed by atoms with Gasteiger partial charge >= 0.3 is 12.2 Å². The van der Waals surface area contributed by atoms with Crippen LogP contribution in [0.4, 0.5) is 38.7 Å². The van der Waals surface area contributed by atoms with Gasteiger partial charge in [0.2, 0.25) is 5.91 Å². The van der Waals surface area contributed by atoms with Gasteiger partial charge in [-0.2, -0.15) is 10.2 Å². The van der Waals surface area contributed by atoms with Crippen molar-refractivity contribution in [1.82, 2.24) is 55.0 Å². The van der Waals surface area contributed by atoms with Crippen molar-refractivity contribution >= 4 is 55.5 Å². The summed E-state index contributed by atoms with van der Waals surface area (Å²) in [7, 11) is -1.63. The lowest BCUT2D eigenvalue weighted by molar-refractivity contribution is -0.122. The molecule has 2 atom stereocenters. The fourth-order valence-corrected chi connectivity index (χ4v) is 13.2. The molecule has 22 nitrogen and oxygen atoms in total. The van der Waals surface area contributed by atoms with Crippen molar-refractivity contribution in [2.45, 2.75) is 224 Å². The molecule has 0 aromatic carbocycles. The van der Waals surface area contributed by atoms with Gasteiger partial charge in [-0.1, -0.05) is 58.2 Å². The topological polar surface area (TPSA) is 323 Å². The van der Waals surface area contributed by atoms with Gasteiger partial charge in [-0.25, -0.2) is 29.5 Å². The Morgan fingerprint density at radius 1 is 0.516 bits per heavy atom. The number of nitrogen functional groups attached to an aromatic ring is 5. The maximum absolute atomic E-state index is 12.1. The van der Waals surface area contributed by atoms with Gasteiger partial charge in [0.1, 0.15) is 40.3 Å². The average molecular weight is 1300 g/mol. The van der Waals surface area contributed by atoms with Crippen molar-refractivity contribution in [3.63, 3.8) is 0 Å². The molecule has 11 rings (SSSR count). The lowest BCUT2D eigenvalue weighted by Gasteiger charge is -2.41. The van der Waals surface area contributed by atoms with Gasteiger partial charge in [0.05, 0.1) is 17.9 Å². The van der Waals surface area contributed by atoms with Crippen LogP contribution in [-0.4, -0.2) is 126 Å². The largest absolute Gasteiger partial charge is 0.444 e. The van der Waals surface area contributed by atoms with Crippen LogP contribution in [0.5, 0.6) is 0 Å². The van der Waals surface area contributed by atoms with Gasteiger partial charge in [-0.15, -0.1) is 5.10 Å². The fourth-order valence-electron chi connectivity index (χ4n) is 11.8. The van der Waals surface area contributed by atoms with E-state index in [0.29, 0.717) is 96.0 Å². The van der Waals surface area contributed by atoms with Crippen molar-refractivity contribution in [2.24, 2.45) is 0 Å². The molecule has 11 N–H and O–H groups in total. The van der Waals surface area contributed by atoms with E-state index in [0.717, 1.165) is 73.1 Å². The molecule has 9 heterocycles. The molecule has 93 heavy (non-hydrogen) atoms. The number of amides is 3. The van der Waals surface area contributed by atoms with E-state index in [4.69, 9.17) is 42.6 Å². The SMILES string of the molecule is CC(C)(C)OC(=O)N1CCC(c2ccc(N)nn2)CC1.CC(C)(C)OC(=O)N1CCCC(c2ccc(N)nc2)C1.CC(C)(C)[Si](C)(C)OC1CCC(c2ccc(N)nc2)CC1.Nc1ccc(-c2cnn(C3CCCCC3)c2)cn1.Nc1ccc(C2CCNC(=O)C2)cn1. The molecule has 3 saturated heterocycles. The molecule has 506 valence electrons. The number of anilines is 5. The Balaban J connectivity index is 0.000000166. The van der Waals surface area contributed by atoms with Crippen LogP contribution in [0.3, 0.4) is 0 Å². The predicted molar refractivity (Wildman–Crippen MR) is 372 cm³/mol. The molecule has 6 aromatic rings. The molecule has 3 aliphatic heterocycles. The number of rotatable bonds is 8. The monoisotopic (exact) mass is 1290 g/mol. The van der Waals surface area contributed by atoms with Crippen LogP contribution >= 0.6 is 0 Å². The molecule has 2 saturated carbocycles. The average Bonchev–Trinajstić information content (AvgIpc) is 1.70. The molecule has 2 unspecified atom stereocenters. The molecular formula is C70H106N16O6Si. The van der Waals surface area contributed by atoms with Crippen molar-refractivity contribution in [1.29, 1.82) is 0 Å². The number of hydrogen-bond donors (Lipinski definition) is 6. The first kappa shape index (κ1) is 72.5. The van der Waals surface area contributed by atoms with Crippen molar-refractivity contribution in [3.05, 3.63) is 120 Å². The van der Waals surface area contributed by atoms with Gasteiger partial charge < -0.3 is 57.7 Å². The Hall–Kier alpha value is -7.92. The van der Waals surface area contributed by atoms with E-state index in [2.05, 4.69) is 91.4 Å². The molecule has 3 amide bonds. The Kier molecular flexibility index (Phi) is 25.9. The second-order valence-corrected chi connectivity index (χ2v) is 33.6. The summed E-state index contributed by atoms with van der Waals surface area (Å²) in [5, 5.41) is 15.6. The van der Waals surface area contributed by atoms with Crippen molar-refractivity contribution < 1.29 is 28.3 Å². The highest BCUT2D eigenvalue weighted by Gasteiger charge is 2.40. The summed E-state index contributed by atoms with van der Waals surface area (Å²) in [6, 6.07) is 19.6. The molecule has 2 aliphatic carbocycles. The molecule has 5 fully saturated rings. The molecule has 5 aliphatic rings. The first-order valence-corrected chi connectivity index (χ1v) is 36.3. The summed E-state index contributed by atoms with van der Waals surface area (Å²) < 4.78 is 19.5. The second kappa shape index (κ2) is 33.3. The lowest BCUT2D eigenvalue weighted by atomic mass is 9.83. The molecule has 23 heteroatoms. The molecule has 0 radical (unpaired) electrons. The van der Waals surface area contributed by atoms with Crippen molar-refractivity contribution in [2.75, 3.05) is 61.4 Å². The summed E-state index contributed by atoms with van der Waals surface area (Å²) in [6.45, 7) is 26.5. The normalized spacial score (nSPS) is 19.9. The van der Waals surface area contributed by atoms with Crippen LogP contribution in [0, 0.1) is 0 Å². The molecule has 6 aromatic heterocycles. The van der Waals surface area contributed by atoms with Crippen LogP contribution in [0.15, 0.2) is 97.8 Å². The number of pyridine rings is 4. The highest BCUT2D eigenvalue weighted by Crippen LogP contribution is 2.42. The van der Waals surface area contributed by atoms with Gasteiger partial charge in [-0.3, -0.25) is 9.48 Å². The van der Waals surface area contributed by atoms with Crippen LogP contribution in [0.1, 0.15) is 211 Å². The summed E-state index contributed by atoms with van der Waals surface area (Å²) >= 11 is 0. The summed E-state index contributed by atoms with van der Waals surface area (Å²) in [6.07, 6.45) is 27.9. The van der Waals surface area contributed by atoms with E-state index in [9.17, 15) is 14.4 Å². The van der Waals surface area contributed by atoms with E-state index in [1.54, 1.807) is 40.5 Å². The third-order valence-corrected chi connectivity index (χ3v) is 22.6. The van der Waals surface area contributed by atoms with Crippen molar-refractivity contribution in [3.8, 4) is 11.1 Å². The number of aromatic nitrogens is 8. The lowest BCUT2D eigenvalue weighted by Crippen LogP contribution is -2.44. The highest BCUT2D eigenvalue weighted by molar-refractivity contribution is 6.74. The van der Waals surface area contributed by atoms with Crippen LogP contribution < -0.4 is 34.0 Å². The van der Waals surface area contributed by atoms with E-state index >= 15 is 0 Å². The van der Waals surface area contributed by atoms with E-state index in [-0.39, 0.29) is 18.1 Å². The van der Waals surface area contributed by atoms with Gasteiger partial charge in [0.25, 0.3) is 0 Å². The minimum absolute atomic E-state index is 0.123. The zero-order chi connectivity index (χ0) is 67.5. The van der Waals surface area contributed by atoms with E-state index < -0.39 is 19.5 Å². The quantitative estimate of drug-likeness (QED) is 0.0771. The van der Waals surface area contributed by atoms with Crippen LogP contribution in [0.25, 0.3) is 11.1 Å². The Bertz CT molecular complexity index is 3240. The number of nitrogens with two attached hydrogens (primary N) is 5. The Morgan fingerprint density at radius 2 is 1.04 bits per heavy atom. The highest BCUT2D eigenvalue weighted by atomic mass is 28.4. The zero-order valence-corrected chi connectivity index (χ0v) is 58.2. The number of piperidine rings is 3. The number of ether oxygens (including phenoxy) is 2. The van der Waals surface area contributed by atoms with Crippen LogP contribution in [-0.2, 0) is 18.7 Å². The number of nitrogens with one attached hydrogen (secondary N) is 1. The summed E-state index contributed by atoms with van der Waals surface area (Å²) in [5.74, 6) is 4.33. The number of likely N-dealkylation sites (tertiary alicyclic amines) is 2. The van der Waals surface area contributed by atoms with E-state index in [1.165, 1.54) is 63.4 Å². The molecule has 0 spiro atoms. The molecular weight excluding hydrogens is 1190 g/mol. The Morgan fingerprint density at radius 3 is 1.54 bits per heavy atom. The maximum atomic E-state index is 12.1. The smallest absolute Gasteiger partial charge is 0.410 e. The number of carbonyl (C=O) groups is 3. The van der Waals surface area contributed by atoms with E-state index in [1.807, 2.05) is 96.4 Å². The Labute approximate surface area is 552 Å². The predicted octanol–water partition coefficient (Wildman–Crippen LogP) is 13.4. The summed E-state index contributed by atoms with van der Waals surface area (Å²) in [4.78, 5) is 55.3. The van der Waals surface area contributed by atoms with Gasteiger partial charge in [0, 0.05) is 99.2 Å². The first-order valence-electron chi connectivity index (χ1n) is 33.4. The number of hydrogen-bond acceptors (Lipinski definition) is 18. The number of nitrogens with zero attached hydrogens (tertiary/aromatic N) is 10. The molecule has 0 bridgehead atoms. The standard InChI is InChI=1S/C17H30N2OSi.C15H23N3O2.C14H22N4O2.C14H18N4.C10H13N3O/c1-17(2,3)21(4,5)20-15-9-6-13(7-10-15)14-8-11-16(18)19-12-14;1-15(2,3)20-14(19)18-8-4-5-12(10-18)11-6-7-13(16)17-9-11;1-14(2,3)20-13(19)18-8-6-10(7-9-18)11-4-5-12(15)17-16-11;15-14-7-6-11(8-16-14)12-9-17-18(10-12)13-4-2-1-3-5-13;11-9-2-1-8(6-13-9)7-3-4-12-10(14)5-7/h8,11-13,15H,6-7,9-10H2,1-5H3,(H2,18,19);6-7,9,12H,4-5,8,10H2,1-3H3,(H2,16,17);4-5,10H,6-9H2,1-3H3,(H2,15,17);6-10,13H,1-5H2,(H2,15,16);1-2,6-7H,3-5H2,(H2,11,13)(H,12,14). The van der Waals surface area contributed by atoms with Crippen LogP contribution in [0.2, 0.25) is 18.1 Å². The van der Waals surface area contributed by atoms with Gasteiger partial charge in [0.15, 0.2) is 8.32 Å². The minimum atomic E-state index is -1.63. The summed E-state index contributed by atoms with van der Waals surface area (Å²) in [5.41, 5.74) is 33.7. The third-order valence-electron chi connectivity index (χ3n) is 18.0. The fraction of sp³-hybridized carbons (Fsp3) is 0.571. The number of carbonyl (C=O) groups excluding carboxylic acids is 3. The third kappa shape index (κ3) is 23.6. The maximum Gasteiger partial charge on any atom is 0.410 e.